The minimum Gasteiger partial charge on any atom is -0.375 e. The molecule has 1 unspecified atom stereocenters. The molecule has 0 bridgehead atoms. The molecule has 1 heterocycles. The molecule has 20 heavy (non-hydrogen) atoms. The van der Waals surface area contributed by atoms with E-state index in [2.05, 4.69) is 31.1 Å². The smallest absolute Gasteiger partial charge is 0.0697 e. The molecule has 2 rings (SSSR count). The first-order chi connectivity index (χ1) is 9.61. The zero-order valence-corrected chi connectivity index (χ0v) is 13.8. The van der Waals surface area contributed by atoms with Crippen LogP contribution in [0.25, 0.3) is 0 Å². The highest BCUT2D eigenvalue weighted by Gasteiger charge is 2.39. The third-order valence-electron chi connectivity index (χ3n) is 5.26. The third kappa shape index (κ3) is 4.71. The van der Waals surface area contributed by atoms with Gasteiger partial charge in [0.15, 0.2) is 0 Å². The topological polar surface area (TPSA) is 24.5 Å². The van der Waals surface area contributed by atoms with Gasteiger partial charge in [0, 0.05) is 18.7 Å². The Morgan fingerprint density at radius 2 is 2.00 bits per heavy atom. The molecule has 1 aliphatic heterocycles. The second-order valence-electron chi connectivity index (χ2n) is 7.16. The van der Waals surface area contributed by atoms with Gasteiger partial charge in [-0.1, -0.05) is 12.8 Å². The SMILES string of the molecule is CC(C)N(C)CCCCNC1CCOC2(CCCC2)C1. The summed E-state index contributed by atoms with van der Waals surface area (Å²) < 4.78 is 6.10. The fourth-order valence-corrected chi connectivity index (χ4v) is 3.62. The summed E-state index contributed by atoms with van der Waals surface area (Å²) in [7, 11) is 2.22. The van der Waals surface area contributed by atoms with Crippen LogP contribution < -0.4 is 5.32 Å². The zero-order chi connectivity index (χ0) is 14.4. The molecule has 1 aliphatic carbocycles. The van der Waals surface area contributed by atoms with Crippen molar-refractivity contribution in [1.82, 2.24) is 10.2 Å². The minimum atomic E-state index is 0.258. The number of nitrogens with one attached hydrogen (secondary N) is 1. The van der Waals surface area contributed by atoms with Crippen LogP contribution in [0.15, 0.2) is 0 Å². The normalized spacial score (nSPS) is 25.9. The first kappa shape index (κ1) is 16.3. The van der Waals surface area contributed by atoms with E-state index in [-0.39, 0.29) is 5.60 Å². The van der Waals surface area contributed by atoms with Crippen LogP contribution in [0.4, 0.5) is 0 Å². The van der Waals surface area contributed by atoms with Gasteiger partial charge in [0.05, 0.1) is 5.60 Å². The van der Waals surface area contributed by atoms with Crippen molar-refractivity contribution in [3.05, 3.63) is 0 Å². The average molecular weight is 282 g/mol. The van der Waals surface area contributed by atoms with Crippen LogP contribution in [0.1, 0.15) is 65.2 Å². The highest BCUT2D eigenvalue weighted by atomic mass is 16.5. The standard InChI is InChI=1S/C17H34N2O/c1-15(2)19(3)12-7-6-11-18-16-8-13-20-17(14-16)9-4-5-10-17/h15-16,18H,4-14H2,1-3H3. The van der Waals surface area contributed by atoms with Crippen molar-refractivity contribution in [2.24, 2.45) is 0 Å². The summed E-state index contributed by atoms with van der Waals surface area (Å²) in [5.41, 5.74) is 0.258. The Kier molecular flexibility index (Phi) is 6.31. The summed E-state index contributed by atoms with van der Waals surface area (Å²) in [6.45, 7) is 7.89. The van der Waals surface area contributed by atoms with Gasteiger partial charge >= 0.3 is 0 Å². The molecule has 0 radical (unpaired) electrons. The van der Waals surface area contributed by atoms with Gasteiger partial charge in [0.25, 0.3) is 0 Å². The van der Waals surface area contributed by atoms with E-state index in [0.29, 0.717) is 12.1 Å². The summed E-state index contributed by atoms with van der Waals surface area (Å²) >= 11 is 0. The highest BCUT2D eigenvalue weighted by molar-refractivity contribution is 4.93. The molecule has 3 nitrogen and oxygen atoms in total. The van der Waals surface area contributed by atoms with Gasteiger partial charge < -0.3 is 15.0 Å². The predicted octanol–water partition coefficient (Wildman–Crippen LogP) is 3.19. The lowest BCUT2D eigenvalue weighted by Crippen LogP contribution is -2.45. The average Bonchev–Trinajstić information content (AvgIpc) is 2.86. The molecule has 1 atom stereocenters. The maximum Gasteiger partial charge on any atom is 0.0697 e. The van der Waals surface area contributed by atoms with Crippen LogP contribution in [0.2, 0.25) is 0 Å². The lowest BCUT2D eigenvalue weighted by molar-refractivity contribution is -0.0835. The van der Waals surface area contributed by atoms with Crippen molar-refractivity contribution in [1.29, 1.82) is 0 Å². The van der Waals surface area contributed by atoms with E-state index in [1.54, 1.807) is 0 Å². The molecule has 1 spiro atoms. The maximum absolute atomic E-state index is 6.10. The zero-order valence-electron chi connectivity index (χ0n) is 13.8. The quantitative estimate of drug-likeness (QED) is 0.726. The molecule has 1 N–H and O–H groups in total. The first-order valence-corrected chi connectivity index (χ1v) is 8.69. The fourth-order valence-electron chi connectivity index (χ4n) is 3.62. The Bertz CT molecular complexity index is 274. The van der Waals surface area contributed by atoms with E-state index >= 15 is 0 Å². The van der Waals surface area contributed by atoms with Crippen molar-refractivity contribution >= 4 is 0 Å². The van der Waals surface area contributed by atoms with Crippen LogP contribution in [-0.2, 0) is 4.74 Å². The van der Waals surface area contributed by atoms with E-state index in [1.807, 2.05) is 0 Å². The van der Waals surface area contributed by atoms with Crippen LogP contribution in [-0.4, -0.2) is 49.3 Å². The van der Waals surface area contributed by atoms with Gasteiger partial charge in [-0.2, -0.15) is 0 Å². The molecule has 0 amide bonds. The third-order valence-corrected chi connectivity index (χ3v) is 5.26. The van der Waals surface area contributed by atoms with Crippen molar-refractivity contribution < 1.29 is 4.74 Å². The summed E-state index contributed by atoms with van der Waals surface area (Å²) in [5, 5.41) is 3.78. The molecule has 0 aromatic carbocycles. The monoisotopic (exact) mass is 282 g/mol. The van der Waals surface area contributed by atoms with Crippen molar-refractivity contribution in [2.75, 3.05) is 26.7 Å². The van der Waals surface area contributed by atoms with E-state index in [0.717, 1.165) is 6.61 Å². The van der Waals surface area contributed by atoms with Gasteiger partial charge in [0.2, 0.25) is 0 Å². The van der Waals surface area contributed by atoms with E-state index < -0.39 is 0 Å². The lowest BCUT2D eigenvalue weighted by atomic mass is 9.89. The van der Waals surface area contributed by atoms with Gasteiger partial charge in [0.1, 0.15) is 0 Å². The number of hydrogen-bond acceptors (Lipinski definition) is 3. The fraction of sp³-hybridized carbons (Fsp3) is 1.00. The van der Waals surface area contributed by atoms with Crippen molar-refractivity contribution in [3.8, 4) is 0 Å². The second-order valence-corrected chi connectivity index (χ2v) is 7.16. The molecule has 2 aliphatic rings. The Balaban J connectivity index is 1.57. The van der Waals surface area contributed by atoms with Crippen molar-refractivity contribution in [3.63, 3.8) is 0 Å². The Morgan fingerprint density at radius 1 is 1.25 bits per heavy atom. The van der Waals surface area contributed by atoms with Crippen molar-refractivity contribution in [2.45, 2.75) is 82.9 Å². The maximum atomic E-state index is 6.10. The second kappa shape index (κ2) is 7.77. The Labute approximate surface area is 125 Å². The number of ether oxygens (including phenoxy) is 1. The van der Waals surface area contributed by atoms with Gasteiger partial charge in [-0.3, -0.25) is 0 Å². The Hall–Kier alpha value is -0.120. The molecular formula is C17H34N2O. The number of hydrogen-bond donors (Lipinski definition) is 1. The minimum absolute atomic E-state index is 0.258. The Morgan fingerprint density at radius 3 is 2.70 bits per heavy atom. The molecule has 1 saturated carbocycles. The molecule has 0 aromatic heterocycles. The molecular weight excluding hydrogens is 248 g/mol. The van der Waals surface area contributed by atoms with Crippen LogP contribution in [0.3, 0.4) is 0 Å². The summed E-state index contributed by atoms with van der Waals surface area (Å²) in [6.07, 6.45) is 10.4. The molecule has 118 valence electrons. The van der Waals surface area contributed by atoms with E-state index in [4.69, 9.17) is 4.74 Å². The summed E-state index contributed by atoms with van der Waals surface area (Å²) in [4.78, 5) is 2.43. The highest BCUT2D eigenvalue weighted by Crippen LogP contribution is 2.39. The number of nitrogens with zero attached hydrogens (tertiary/aromatic N) is 1. The predicted molar refractivity (Wildman–Crippen MR) is 85.2 cm³/mol. The van der Waals surface area contributed by atoms with E-state index in [1.165, 1.54) is 64.5 Å². The lowest BCUT2D eigenvalue weighted by Gasteiger charge is -2.38. The molecule has 0 aromatic rings. The number of unbranched alkanes of at least 4 members (excludes halogenated alkanes) is 1. The van der Waals surface area contributed by atoms with Gasteiger partial charge in [-0.05, 0) is 72.5 Å². The molecule has 3 heteroatoms. The van der Waals surface area contributed by atoms with Gasteiger partial charge in [-0.25, -0.2) is 0 Å². The number of rotatable bonds is 7. The van der Waals surface area contributed by atoms with Crippen LogP contribution in [0.5, 0.6) is 0 Å². The van der Waals surface area contributed by atoms with Gasteiger partial charge in [-0.15, -0.1) is 0 Å². The largest absolute Gasteiger partial charge is 0.375 e. The molecule has 1 saturated heterocycles. The molecule has 2 fully saturated rings. The van der Waals surface area contributed by atoms with E-state index in [9.17, 15) is 0 Å². The summed E-state index contributed by atoms with van der Waals surface area (Å²) in [6, 6.07) is 1.37. The van der Waals surface area contributed by atoms with Crippen LogP contribution in [0, 0.1) is 0 Å². The van der Waals surface area contributed by atoms with Crippen LogP contribution >= 0.6 is 0 Å². The summed E-state index contributed by atoms with van der Waals surface area (Å²) in [5.74, 6) is 0. The first-order valence-electron chi connectivity index (χ1n) is 8.69.